The molecule has 0 bridgehead atoms. The molecule has 1 aromatic heterocycles. The predicted molar refractivity (Wildman–Crippen MR) is 81.9 cm³/mol. The van der Waals surface area contributed by atoms with Gasteiger partial charge in [0, 0.05) is 14.4 Å². The minimum absolute atomic E-state index is 0.315. The van der Waals surface area contributed by atoms with Crippen molar-refractivity contribution in [3.63, 3.8) is 0 Å². The third-order valence-electron chi connectivity index (χ3n) is 2.58. The summed E-state index contributed by atoms with van der Waals surface area (Å²) >= 11 is 14.4. The van der Waals surface area contributed by atoms with Crippen LogP contribution < -0.4 is 5.73 Å². The molecule has 0 aliphatic heterocycles. The molecule has 0 saturated carbocycles. The van der Waals surface area contributed by atoms with Gasteiger partial charge < -0.3 is 5.73 Å². The van der Waals surface area contributed by atoms with Gasteiger partial charge in [-0.1, -0.05) is 11.6 Å². The van der Waals surface area contributed by atoms with Crippen molar-refractivity contribution in [1.82, 2.24) is 0 Å². The Morgan fingerprint density at radius 1 is 1.33 bits per heavy atom. The maximum absolute atomic E-state index is 13.4. The molecule has 2 rings (SSSR count). The average Bonchev–Trinajstić information content (AvgIpc) is 2.63. The zero-order valence-electron chi connectivity index (χ0n) is 9.31. The monoisotopic (exact) mass is 411 g/mol. The molecule has 18 heavy (non-hydrogen) atoms. The van der Waals surface area contributed by atoms with Gasteiger partial charge in [0.05, 0.1) is 9.83 Å². The van der Waals surface area contributed by atoms with Crippen LogP contribution in [0.4, 0.5) is 4.39 Å². The lowest BCUT2D eigenvalue weighted by Gasteiger charge is -2.13. The number of nitrogens with two attached hydrogens (primary N) is 1. The smallest absolute Gasteiger partial charge is 0.127 e. The van der Waals surface area contributed by atoms with Gasteiger partial charge in [-0.25, -0.2) is 4.39 Å². The van der Waals surface area contributed by atoms with E-state index >= 15 is 0 Å². The lowest BCUT2D eigenvalue weighted by Crippen LogP contribution is -2.11. The van der Waals surface area contributed by atoms with Crippen molar-refractivity contribution in [3.05, 3.63) is 53.3 Å². The van der Waals surface area contributed by atoms with Gasteiger partial charge in [-0.05, 0) is 68.1 Å². The fraction of sp³-hybridized carbons (Fsp3) is 0.167. The van der Waals surface area contributed by atoms with Gasteiger partial charge >= 0.3 is 0 Å². The van der Waals surface area contributed by atoms with E-state index in [0.29, 0.717) is 10.6 Å². The summed E-state index contributed by atoms with van der Waals surface area (Å²) in [5.41, 5.74) is 7.45. The number of hydrogen-bond donors (Lipinski definition) is 1. The standard InChI is InChI=1S/C12H9Br2ClFNS/c1-5-2-6(8(15)4-9(5)16)11(17)10-3-7(13)12(14)18-10/h2-4,11H,17H2,1H3. The van der Waals surface area contributed by atoms with E-state index in [0.717, 1.165) is 18.7 Å². The molecule has 1 atom stereocenters. The second-order valence-corrected chi connectivity index (χ2v) is 7.53. The van der Waals surface area contributed by atoms with Crippen LogP contribution in [0.5, 0.6) is 0 Å². The Morgan fingerprint density at radius 3 is 2.56 bits per heavy atom. The van der Waals surface area contributed by atoms with Gasteiger partial charge in [-0.3, -0.25) is 0 Å². The highest BCUT2D eigenvalue weighted by atomic mass is 79.9. The fourth-order valence-corrected chi connectivity index (χ4v) is 3.97. The van der Waals surface area contributed by atoms with Crippen LogP contribution in [0.3, 0.4) is 0 Å². The Bertz CT molecular complexity index is 581. The molecule has 1 nitrogen and oxygen atoms in total. The highest BCUT2D eigenvalue weighted by molar-refractivity contribution is 9.13. The van der Waals surface area contributed by atoms with Crippen molar-refractivity contribution in [2.24, 2.45) is 5.73 Å². The molecule has 2 N–H and O–H groups in total. The molecule has 96 valence electrons. The van der Waals surface area contributed by atoms with Gasteiger partial charge in [0.2, 0.25) is 0 Å². The van der Waals surface area contributed by atoms with Gasteiger partial charge in [0.15, 0.2) is 0 Å². The average molecular weight is 414 g/mol. The van der Waals surface area contributed by atoms with E-state index in [-0.39, 0.29) is 11.9 Å². The Hall–Kier alpha value is 0.0600. The molecule has 6 heteroatoms. The van der Waals surface area contributed by atoms with Crippen molar-refractivity contribution in [3.8, 4) is 0 Å². The normalized spacial score (nSPS) is 12.8. The van der Waals surface area contributed by atoms with E-state index in [4.69, 9.17) is 17.3 Å². The maximum atomic E-state index is 13.4. The highest BCUT2D eigenvalue weighted by Crippen LogP contribution is 2.38. The van der Waals surface area contributed by atoms with E-state index in [2.05, 4.69) is 31.9 Å². The number of hydrogen-bond acceptors (Lipinski definition) is 2. The third kappa shape index (κ3) is 2.80. The zero-order valence-corrected chi connectivity index (χ0v) is 14.1. The summed E-state index contributed by atoms with van der Waals surface area (Å²) in [6, 6.07) is 4.59. The molecule has 0 aliphatic rings. The molecule has 0 radical (unpaired) electrons. The zero-order chi connectivity index (χ0) is 13.4. The van der Waals surface area contributed by atoms with Crippen molar-refractivity contribution in [1.29, 1.82) is 0 Å². The maximum Gasteiger partial charge on any atom is 0.127 e. The molecule has 1 unspecified atom stereocenters. The molecule has 0 amide bonds. The van der Waals surface area contributed by atoms with Crippen LogP contribution in [0.1, 0.15) is 22.0 Å². The molecule has 1 heterocycles. The first-order chi connectivity index (χ1) is 8.40. The van der Waals surface area contributed by atoms with Crippen LogP contribution in [-0.2, 0) is 0 Å². The molecule has 0 saturated heterocycles. The Kier molecular flexibility index (Phi) is 4.49. The summed E-state index contributed by atoms with van der Waals surface area (Å²) in [4.78, 5) is 0.960. The lowest BCUT2D eigenvalue weighted by atomic mass is 10.0. The quantitative estimate of drug-likeness (QED) is 0.699. The van der Waals surface area contributed by atoms with Crippen LogP contribution in [0.2, 0.25) is 5.02 Å². The molecular formula is C12H9Br2ClFNS. The first-order valence-electron chi connectivity index (χ1n) is 5.06. The lowest BCUT2D eigenvalue weighted by molar-refractivity contribution is 0.617. The molecule has 0 spiro atoms. The van der Waals surface area contributed by atoms with E-state index in [1.54, 1.807) is 13.0 Å². The largest absolute Gasteiger partial charge is 0.320 e. The molecular weight excluding hydrogens is 404 g/mol. The number of thiophene rings is 1. The summed E-state index contributed by atoms with van der Waals surface area (Å²) in [6.45, 7) is 1.70. The Labute approximate surface area is 130 Å². The summed E-state index contributed by atoms with van der Waals surface area (Å²) in [5.74, 6) is -0.315. The van der Waals surface area contributed by atoms with Gasteiger partial charge in [0.1, 0.15) is 5.82 Å². The molecule has 2 aromatic rings. The van der Waals surface area contributed by atoms with Crippen LogP contribution in [0.25, 0.3) is 0 Å². The van der Waals surface area contributed by atoms with Gasteiger partial charge in [-0.2, -0.15) is 0 Å². The van der Waals surface area contributed by atoms with Crippen LogP contribution in [0.15, 0.2) is 26.5 Å². The first-order valence-corrected chi connectivity index (χ1v) is 7.84. The van der Waals surface area contributed by atoms with Crippen molar-refractivity contribution in [2.75, 3.05) is 0 Å². The number of benzene rings is 1. The number of halogens is 4. The van der Waals surface area contributed by atoms with E-state index in [1.807, 2.05) is 6.07 Å². The van der Waals surface area contributed by atoms with Crippen LogP contribution in [-0.4, -0.2) is 0 Å². The molecule has 1 aromatic carbocycles. The second kappa shape index (κ2) is 5.59. The molecule has 0 aliphatic carbocycles. The fourth-order valence-electron chi connectivity index (χ4n) is 1.59. The predicted octanol–water partition coefficient (Wildman–Crippen LogP) is 5.42. The van der Waals surface area contributed by atoms with E-state index < -0.39 is 0 Å². The number of rotatable bonds is 2. The Balaban J connectivity index is 2.45. The first kappa shape index (κ1) is 14.5. The van der Waals surface area contributed by atoms with Gasteiger partial charge in [-0.15, -0.1) is 11.3 Å². The van der Waals surface area contributed by atoms with Crippen LogP contribution >= 0.6 is 54.8 Å². The van der Waals surface area contributed by atoms with Crippen molar-refractivity contribution < 1.29 is 4.39 Å². The summed E-state index contributed by atoms with van der Waals surface area (Å²) in [5, 5.41) is 0.353. The minimum atomic E-state index is -0.357. The van der Waals surface area contributed by atoms with Crippen LogP contribution in [0, 0.1) is 12.7 Å². The Morgan fingerprint density at radius 2 is 2.00 bits per heavy atom. The summed E-state index contributed by atoms with van der Waals surface area (Å²) in [7, 11) is 0. The van der Waals surface area contributed by atoms with E-state index in [9.17, 15) is 4.39 Å². The SMILES string of the molecule is Cc1cc(C(N)c2cc(Br)c(Br)s2)c(Cl)cc1F. The third-order valence-corrected chi connectivity index (χ3v) is 6.25. The summed E-state index contributed by atoms with van der Waals surface area (Å²) < 4.78 is 15.3. The minimum Gasteiger partial charge on any atom is -0.320 e. The summed E-state index contributed by atoms with van der Waals surface area (Å²) in [6.07, 6.45) is 0. The number of aryl methyl sites for hydroxylation is 1. The molecule has 0 fully saturated rings. The second-order valence-electron chi connectivity index (χ2n) is 3.87. The highest BCUT2D eigenvalue weighted by Gasteiger charge is 2.17. The van der Waals surface area contributed by atoms with Crippen molar-refractivity contribution in [2.45, 2.75) is 13.0 Å². The van der Waals surface area contributed by atoms with Gasteiger partial charge in [0.25, 0.3) is 0 Å². The van der Waals surface area contributed by atoms with E-state index in [1.165, 1.54) is 17.4 Å². The van der Waals surface area contributed by atoms with Crippen molar-refractivity contribution >= 4 is 54.8 Å². The topological polar surface area (TPSA) is 26.0 Å².